The van der Waals surface area contributed by atoms with Gasteiger partial charge in [-0.2, -0.15) is 5.26 Å². The van der Waals surface area contributed by atoms with E-state index in [0.717, 1.165) is 55.2 Å². The van der Waals surface area contributed by atoms with Gasteiger partial charge in [-0.15, -0.1) is 11.3 Å². The van der Waals surface area contributed by atoms with Crippen LogP contribution < -0.4 is 5.32 Å². The zero-order valence-corrected chi connectivity index (χ0v) is 15.5. The maximum absolute atomic E-state index is 12.9. The van der Waals surface area contributed by atoms with E-state index in [0.29, 0.717) is 22.0 Å². The fraction of sp³-hybridized carbons (Fsp3) is 0.286. The summed E-state index contributed by atoms with van der Waals surface area (Å²) in [5.74, 6) is 0.391. The van der Waals surface area contributed by atoms with Gasteiger partial charge in [0.25, 0.3) is 5.91 Å². The summed E-state index contributed by atoms with van der Waals surface area (Å²) in [6, 6.07) is 10.3. The van der Waals surface area contributed by atoms with Crippen LogP contribution in [-0.2, 0) is 25.7 Å². The van der Waals surface area contributed by atoms with E-state index in [1.54, 1.807) is 0 Å². The molecule has 2 aromatic heterocycles. The SMILES string of the molecule is N#Cc1c(NC(=O)c2noc3c2CCc2ccccc2-3)sc2c1CCCC2. The highest BCUT2D eigenvalue weighted by Gasteiger charge is 2.29. The van der Waals surface area contributed by atoms with Crippen LogP contribution in [0.3, 0.4) is 0 Å². The number of carbonyl (C=O) groups excluding carboxylic acids is 1. The van der Waals surface area contributed by atoms with E-state index in [-0.39, 0.29) is 5.91 Å². The lowest BCUT2D eigenvalue weighted by Gasteiger charge is -2.14. The van der Waals surface area contributed by atoms with E-state index >= 15 is 0 Å². The fourth-order valence-electron chi connectivity index (χ4n) is 4.09. The Morgan fingerprint density at radius 2 is 2.00 bits per heavy atom. The van der Waals surface area contributed by atoms with Gasteiger partial charge in [0, 0.05) is 16.0 Å². The van der Waals surface area contributed by atoms with E-state index in [1.165, 1.54) is 21.8 Å². The molecule has 0 spiro atoms. The number of thiophene rings is 1. The van der Waals surface area contributed by atoms with Gasteiger partial charge in [-0.05, 0) is 49.7 Å². The third-order valence-electron chi connectivity index (χ3n) is 5.42. The summed E-state index contributed by atoms with van der Waals surface area (Å²) in [5, 5.41) is 17.2. The van der Waals surface area contributed by atoms with E-state index in [9.17, 15) is 10.1 Å². The first kappa shape index (κ1) is 16.3. The summed E-state index contributed by atoms with van der Waals surface area (Å²) in [7, 11) is 0. The van der Waals surface area contributed by atoms with Crippen LogP contribution in [0.5, 0.6) is 0 Å². The molecule has 27 heavy (non-hydrogen) atoms. The van der Waals surface area contributed by atoms with Crippen molar-refractivity contribution in [3.63, 3.8) is 0 Å². The van der Waals surface area contributed by atoms with Crippen LogP contribution in [0, 0.1) is 11.3 Å². The summed E-state index contributed by atoms with van der Waals surface area (Å²) < 4.78 is 5.54. The van der Waals surface area contributed by atoms with Gasteiger partial charge >= 0.3 is 0 Å². The van der Waals surface area contributed by atoms with Crippen molar-refractivity contribution in [2.24, 2.45) is 0 Å². The molecule has 5 nitrogen and oxygen atoms in total. The molecule has 0 bridgehead atoms. The zero-order valence-electron chi connectivity index (χ0n) is 14.7. The molecule has 0 saturated carbocycles. The number of fused-ring (bicyclic) bond motifs is 4. The number of carbonyl (C=O) groups is 1. The van der Waals surface area contributed by atoms with Crippen LogP contribution in [-0.4, -0.2) is 11.1 Å². The molecule has 134 valence electrons. The molecule has 3 aromatic rings. The fourth-order valence-corrected chi connectivity index (χ4v) is 5.32. The predicted octanol–water partition coefficient (Wildman–Crippen LogP) is 4.50. The van der Waals surface area contributed by atoms with Crippen molar-refractivity contribution in [1.82, 2.24) is 5.16 Å². The molecular weight excluding hydrogens is 358 g/mol. The zero-order chi connectivity index (χ0) is 18.4. The second kappa shape index (κ2) is 6.36. The topological polar surface area (TPSA) is 78.9 Å². The van der Waals surface area contributed by atoms with Crippen LogP contribution >= 0.6 is 11.3 Å². The first-order chi connectivity index (χ1) is 13.3. The monoisotopic (exact) mass is 375 g/mol. The number of hydrogen-bond donors (Lipinski definition) is 1. The molecule has 1 amide bonds. The molecule has 0 saturated heterocycles. The Hall–Kier alpha value is -2.91. The first-order valence-electron chi connectivity index (χ1n) is 9.19. The second-order valence-electron chi connectivity index (χ2n) is 6.98. The predicted molar refractivity (Wildman–Crippen MR) is 103 cm³/mol. The molecule has 5 rings (SSSR count). The summed E-state index contributed by atoms with van der Waals surface area (Å²) >= 11 is 1.53. The molecule has 2 aliphatic rings. The van der Waals surface area contributed by atoms with Gasteiger partial charge in [-0.3, -0.25) is 4.79 Å². The van der Waals surface area contributed by atoms with Crippen molar-refractivity contribution in [2.45, 2.75) is 38.5 Å². The molecule has 0 radical (unpaired) electrons. The van der Waals surface area contributed by atoms with Gasteiger partial charge in [-0.25, -0.2) is 0 Å². The maximum atomic E-state index is 12.9. The third-order valence-corrected chi connectivity index (χ3v) is 6.63. The smallest absolute Gasteiger partial charge is 0.278 e. The Balaban J connectivity index is 1.48. The van der Waals surface area contributed by atoms with E-state index in [4.69, 9.17) is 4.52 Å². The number of nitriles is 1. The lowest BCUT2D eigenvalue weighted by atomic mass is 9.89. The number of benzene rings is 1. The molecule has 1 N–H and O–H groups in total. The molecular formula is C21H17N3O2S. The number of rotatable bonds is 2. The van der Waals surface area contributed by atoms with E-state index < -0.39 is 0 Å². The van der Waals surface area contributed by atoms with Crippen molar-refractivity contribution in [3.05, 3.63) is 57.1 Å². The minimum absolute atomic E-state index is 0.297. The number of hydrogen-bond acceptors (Lipinski definition) is 5. The molecule has 2 heterocycles. The summed E-state index contributed by atoms with van der Waals surface area (Å²) in [6.45, 7) is 0. The van der Waals surface area contributed by atoms with Gasteiger partial charge in [0.1, 0.15) is 11.1 Å². The number of anilines is 1. The average molecular weight is 375 g/mol. The van der Waals surface area contributed by atoms with Crippen molar-refractivity contribution in [3.8, 4) is 17.4 Å². The molecule has 0 atom stereocenters. The van der Waals surface area contributed by atoms with Crippen LogP contribution in [0.1, 0.15) is 50.5 Å². The Labute approximate surface area is 160 Å². The quantitative estimate of drug-likeness (QED) is 0.715. The van der Waals surface area contributed by atoms with Gasteiger partial charge in [0.2, 0.25) is 0 Å². The van der Waals surface area contributed by atoms with Crippen LogP contribution in [0.15, 0.2) is 28.8 Å². The number of aromatic nitrogens is 1. The molecule has 2 aliphatic carbocycles. The molecule has 0 fully saturated rings. The number of nitrogens with one attached hydrogen (secondary N) is 1. The van der Waals surface area contributed by atoms with Gasteiger partial charge in [-0.1, -0.05) is 29.4 Å². The number of amides is 1. The molecule has 1 aromatic carbocycles. The highest BCUT2D eigenvalue weighted by molar-refractivity contribution is 7.16. The highest BCUT2D eigenvalue weighted by atomic mass is 32.1. The summed E-state index contributed by atoms with van der Waals surface area (Å²) in [5.41, 5.74) is 5.13. The van der Waals surface area contributed by atoms with Crippen molar-refractivity contribution in [2.75, 3.05) is 5.32 Å². The summed E-state index contributed by atoms with van der Waals surface area (Å²) in [6.07, 6.45) is 5.73. The van der Waals surface area contributed by atoms with Crippen molar-refractivity contribution < 1.29 is 9.32 Å². The van der Waals surface area contributed by atoms with Crippen LogP contribution in [0.2, 0.25) is 0 Å². The van der Waals surface area contributed by atoms with Gasteiger partial charge < -0.3 is 9.84 Å². The number of aryl methyl sites for hydroxylation is 2. The Morgan fingerprint density at radius 1 is 1.15 bits per heavy atom. The third kappa shape index (κ3) is 2.58. The van der Waals surface area contributed by atoms with Crippen molar-refractivity contribution in [1.29, 1.82) is 5.26 Å². The normalized spacial score (nSPS) is 14.6. The second-order valence-corrected chi connectivity index (χ2v) is 8.08. The van der Waals surface area contributed by atoms with Crippen molar-refractivity contribution >= 4 is 22.2 Å². The molecule has 6 heteroatoms. The van der Waals surface area contributed by atoms with Crippen LogP contribution in [0.25, 0.3) is 11.3 Å². The lowest BCUT2D eigenvalue weighted by Crippen LogP contribution is -2.15. The average Bonchev–Trinajstić information content (AvgIpc) is 3.29. The standard InChI is InChI=1S/C21H17N3O2S/c22-11-16-14-7-3-4-8-17(14)27-21(16)23-20(25)18-15-10-9-12-5-1-2-6-13(12)19(15)26-24-18/h1-2,5-6H,3-4,7-10H2,(H,23,25). The largest absolute Gasteiger partial charge is 0.355 e. The maximum Gasteiger partial charge on any atom is 0.278 e. The van der Waals surface area contributed by atoms with Gasteiger partial charge in [0.05, 0.1) is 5.56 Å². The van der Waals surface area contributed by atoms with E-state index in [2.05, 4.69) is 22.6 Å². The Morgan fingerprint density at radius 3 is 2.89 bits per heavy atom. The lowest BCUT2D eigenvalue weighted by molar-refractivity contribution is 0.101. The molecule has 0 aliphatic heterocycles. The van der Waals surface area contributed by atoms with E-state index in [1.807, 2.05) is 18.2 Å². The Bertz CT molecular complexity index is 1100. The first-order valence-corrected chi connectivity index (χ1v) is 10.0. The minimum Gasteiger partial charge on any atom is -0.355 e. The van der Waals surface area contributed by atoms with Crippen LogP contribution in [0.4, 0.5) is 5.00 Å². The minimum atomic E-state index is -0.297. The van der Waals surface area contributed by atoms with Gasteiger partial charge in [0.15, 0.2) is 11.5 Å². The molecule has 0 unspecified atom stereocenters. The number of nitrogens with zero attached hydrogens (tertiary/aromatic N) is 2. The summed E-state index contributed by atoms with van der Waals surface area (Å²) in [4.78, 5) is 14.1. The highest BCUT2D eigenvalue weighted by Crippen LogP contribution is 2.39. The Kier molecular flexibility index (Phi) is 3.83.